The third-order valence-corrected chi connectivity index (χ3v) is 4.59. The summed E-state index contributed by atoms with van der Waals surface area (Å²) in [5.41, 5.74) is 2.88. The van der Waals surface area contributed by atoms with E-state index in [9.17, 15) is 4.79 Å². The predicted molar refractivity (Wildman–Crippen MR) is 102 cm³/mol. The van der Waals surface area contributed by atoms with E-state index in [1.807, 2.05) is 42.5 Å². The van der Waals surface area contributed by atoms with Crippen LogP contribution in [0.15, 0.2) is 71.3 Å². The van der Waals surface area contributed by atoms with Gasteiger partial charge in [-0.3, -0.25) is 0 Å². The minimum atomic E-state index is -0.495. The monoisotopic (exact) mass is 425 g/mol. The van der Waals surface area contributed by atoms with E-state index in [2.05, 4.69) is 20.9 Å². The first-order valence-corrected chi connectivity index (χ1v) is 9.22. The molecule has 0 aliphatic carbocycles. The standard InChI is InChI=1S/C21H16BrNO4/c22-17-10-15(12-25-20(24)18-8-4-5-9-23-18)19-16(11-17)13-26-21(27-19)14-6-2-1-3-7-14/h1-11,21H,12-13H2/t21-/m0/s1. The Morgan fingerprint density at radius 2 is 1.96 bits per heavy atom. The summed E-state index contributed by atoms with van der Waals surface area (Å²) in [4.78, 5) is 16.2. The highest BCUT2D eigenvalue weighted by atomic mass is 79.9. The molecule has 4 rings (SSSR count). The van der Waals surface area contributed by atoms with Crippen LogP contribution in [0.1, 0.15) is 33.5 Å². The van der Waals surface area contributed by atoms with Gasteiger partial charge in [-0.05, 0) is 24.3 Å². The van der Waals surface area contributed by atoms with Crippen LogP contribution in [0, 0.1) is 0 Å². The van der Waals surface area contributed by atoms with Crippen LogP contribution in [-0.2, 0) is 22.7 Å². The molecule has 0 radical (unpaired) electrons. The molecule has 6 heteroatoms. The SMILES string of the molecule is O=C(OCc1cc(Br)cc2c1O[C@@H](c1ccccc1)OC2)c1ccccn1. The number of hydrogen-bond donors (Lipinski definition) is 0. The van der Waals surface area contributed by atoms with Gasteiger partial charge in [0.2, 0.25) is 6.29 Å². The van der Waals surface area contributed by atoms with E-state index in [0.717, 1.165) is 21.2 Å². The zero-order chi connectivity index (χ0) is 18.6. The molecule has 0 fully saturated rings. The molecule has 2 aromatic carbocycles. The Balaban J connectivity index is 1.55. The summed E-state index contributed by atoms with van der Waals surface area (Å²) >= 11 is 3.49. The Labute approximate surface area is 165 Å². The first kappa shape index (κ1) is 17.7. The Kier molecular flexibility index (Phi) is 5.18. The highest BCUT2D eigenvalue weighted by molar-refractivity contribution is 9.10. The summed E-state index contributed by atoms with van der Waals surface area (Å²) in [5, 5.41) is 0. The van der Waals surface area contributed by atoms with Gasteiger partial charge in [0.1, 0.15) is 18.1 Å². The van der Waals surface area contributed by atoms with Gasteiger partial charge in [0, 0.05) is 27.4 Å². The van der Waals surface area contributed by atoms with Crippen molar-refractivity contribution in [2.75, 3.05) is 0 Å². The van der Waals surface area contributed by atoms with E-state index in [-0.39, 0.29) is 12.3 Å². The number of halogens is 1. The molecule has 1 aliphatic rings. The lowest BCUT2D eigenvalue weighted by Gasteiger charge is -2.28. The Morgan fingerprint density at radius 3 is 2.74 bits per heavy atom. The van der Waals surface area contributed by atoms with Gasteiger partial charge in [-0.15, -0.1) is 0 Å². The maximum Gasteiger partial charge on any atom is 0.357 e. The summed E-state index contributed by atoms with van der Waals surface area (Å²) in [5.74, 6) is 0.211. The number of hydrogen-bond acceptors (Lipinski definition) is 5. The highest BCUT2D eigenvalue weighted by Gasteiger charge is 2.25. The molecule has 0 bridgehead atoms. The summed E-state index contributed by atoms with van der Waals surface area (Å²) in [6.45, 7) is 0.494. The smallest absolute Gasteiger partial charge is 0.357 e. The van der Waals surface area contributed by atoms with Crippen LogP contribution in [0.25, 0.3) is 0 Å². The molecule has 5 nitrogen and oxygen atoms in total. The van der Waals surface area contributed by atoms with E-state index in [4.69, 9.17) is 14.2 Å². The van der Waals surface area contributed by atoms with E-state index in [1.54, 1.807) is 24.4 Å². The van der Waals surface area contributed by atoms with Gasteiger partial charge >= 0.3 is 5.97 Å². The van der Waals surface area contributed by atoms with E-state index >= 15 is 0 Å². The number of carbonyl (C=O) groups is 1. The van der Waals surface area contributed by atoms with Crippen molar-refractivity contribution in [2.45, 2.75) is 19.5 Å². The second-order valence-corrected chi connectivity index (χ2v) is 6.93. The van der Waals surface area contributed by atoms with Crippen LogP contribution in [0.4, 0.5) is 0 Å². The maximum absolute atomic E-state index is 12.2. The van der Waals surface area contributed by atoms with Gasteiger partial charge in [0.05, 0.1) is 6.61 Å². The van der Waals surface area contributed by atoms with Crippen molar-refractivity contribution in [2.24, 2.45) is 0 Å². The van der Waals surface area contributed by atoms with Crippen LogP contribution in [0.5, 0.6) is 5.75 Å². The van der Waals surface area contributed by atoms with E-state index in [1.165, 1.54) is 0 Å². The molecule has 0 spiro atoms. The molecule has 0 saturated heterocycles. The summed E-state index contributed by atoms with van der Waals surface area (Å²) in [7, 11) is 0. The quantitative estimate of drug-likeness (QED) is 0.561. The van der Waals surface area contributed by atoms with Crippen molar-refractivity contribution < 1.29 is 19.0 Å². The molecular formula is C21H16BrNO4. The first-order chi connectivity index (χ1) is 13.2. The van der Waals surface area contributed by atoms with Gasteiger partial charge < -0.3 is 14.2 Å². The highest BCUT2D eigenvalue weighted by Crippen LogP contribution is 2.38. The zero-order valence-electron chi connectivity index (χ0n) is 14.3. The number of carbonyl (C=O) groups excluding carboxylic acids is 1. The van der Waals surface area contributed by atoms with Crippen LogP contribution in [0.3, 0.4) is 0 Å². The average Bonchev–Trinajstić information content (AvgIpc) is 2.72. The molecule has 0 saturated carbocycles. The lowest BCUT2D eigenvalue weighted by atomic mass is 10.1. The van der Waals surface area contributed by atoms with Gasteiger partial charge in [0.15, 0.2) is 0 Å². The number of aromatic nitrogens is 1. The normalized spacial score (nSPS) is 15.5. The summed E-state index contributed by atoms with van der Waals surface area (Å²) in [6.07, 6.45) is 1.06. The molecule has 1 atom stereocenters. The van der Waals surface area contributed by atoms with Crippen molar-refractivity contribution in [1.29, 1.82) is 0 Å². The number of fused-ring (bicyclic) bond motifs is 1. The zero-order valence-corrected chi connectivity index (χ0v) is 15.9. The van der Waals surface area contributed by atoms with Crippen molar-refractivity contribution >= 4 is 21.9 Å². The van der Waals surface area contributed by atoms with Gasteiger partial charge in [-0.25, -0.2) is 9.78 Å². The maximum atomic E-state index is 12.2. The molecule has 0 amide bonds. The average molecular weight is 426 g/mol. The summed E-state index contributed by atoms with van der Waals surface area (Å²) in [6, 6.07) is 18.7. The minimum absolute atomic E-state index is 0.0820. The van der Waals surface area contributed by atoms with Crippen molar-refractivity contribution in [3.63, 3.8) is 0 Å². The fourth-order valence-corrected chi connectivity index (χ4v) is 3.41. The lowest BCUT2D eigenvalue weighted by Crippen LogP contribution is -2.19. The van der Waals surface area contributed by atoms with Crippen LogP contribution in [-0.4, -0.2) is 11.0 Å². The number of pyridine rings is 1. The predicted octanol–water partition coefficient (Wildman–Crippen LogP) is 4.81. The third kappa shape index (κ3) is 4.02. The molecule has 136 valence electrons. The molecule has 27 heavy (non-hydrogen) atoms. The van der Waals surface area contributed by atoms with Crippen molar-refractivity contribution in [3.05, 3.63) is 93.7 Å². The van der Waals surface area contributed by atoms with Crippen molar-refractivity contribution in [1.82, 2.24) is 4.98 Å². The minimum Gasteiger partial charge on any atom is -0.460 e. The fourth-order valence-electron chi connectivity index (χ4n) is 2.86. The Morgan fingerprint density at radius 1 is 1.15 bits per heavy atom. The second-order valence-electron chi connectivity index (χ2n) is 6.02. The lowest BCUT2D eigenvalue weighted by molar-refractivity contribution is -0.112. The van der Waals surface area contributed by atoms with E-state index in [0.29, 0.717) is 12.4 Å². The Bertz CT molecular complexity index is 947. The molecule has 1 aliphatic heterocycles. The molecule has 1 aromatic heterocycles. The number of benzene rings is 2. The second kappa shape index (κ2) is 7.90. The number of rotatable bonds is 4. The van der Waals surface area contributed by atoms with Crippen LogP contribution >= 0.6 is 15.9 Å². The fraction of sp³-hybridized carbons (Fsp3) is 0.143. The van der Waals surface area contributed by atoms with E-state index < -0.39 is 12.3 Å². The number of ether oxygens (including phenoxy) is 3. The largest absolute Gasteiger partial charge is 0.460 e. The topological polar surface area (TPSA) is 57.7 Å². The van der Waals surface area contributed by atoms with Gasteiger partial charge in [0.25, 0.3) is 0 Å². The molecule has 2 heterocycles. The molecular weight excluding hydrogens is 410 g/mol. The Hall–Kier alpha value is -2.70. The van der Waals surface area contributed by atoms with Crippen molar-refractivity contribution in [3.8, 4) is 5.75 Å². The molecule has 3 aromatic rings. The summed E-state index contributed by atoms with van der Waals surface area (Å²) < 4.78 is 18.2. The van der Waals surface area contributed by atoms with Gasteiger partial charge in [-0.2, -0.15) is 0 Å². The third-order valence-electron chi connectivity index (χ3n) is 4.13. The van der Waals surface area contributed by atoms with Crippen LogP contribution in [0.2, 0.25) is 0 Å². The molecule has 0 unspecified atom stereocenters. The van der Waals surface area contributed by atoms with Gasteiger partial charge in [-0.1, -0.05) is 52.3 Å². The molecule has 0 N–H and O–H groups in total. The number of esters is 1. The number of nitrogens with zero attached hydrogens (tertiary/aromatic N) is 1. The first-order valence-electron chi connectivity index (χ1n) is 8.43. The van der Waals surface area contributed by atoms with Crippen LogP contribution < -0.4 is 4.74 Å².